The molecule has 1 aliphatic rings. The molecule has 0 spiro atoms. The van der Waals surface area contributed by atoms with E-state index in [0.717, 1.165) is 56.5 Å². The molecule has 0 saturated heterocycles. The molecule has 49 heavy (non-hydrogen) atoms. The number of fused-ring (bicyclic) bond motifs is 10. The predicted octanol–water partition coefficient (Wildman–Crippen LogP) is 11.5. The number of hydrogen-bond donors (Lipinski definition) is 0. The topological polar surface area (TPSA) is 57.4 Å². The molecule has 0 aliphatic heterocycles. The fourth-order valence-corrected chi connectivity index (χ4v) is 9.06. The van der Waals surface area contributed by atoms with Crippen LogP contribution in [-0.4, -0.2) is 9.13 Å². The van der Waals surface area contributed by atoms with Crippen molar-refractivity contribution in [3.63, 3.8) is 0 Å². The first-order chi connectivity index (χ1) is 24.2. The van der Waals surface area contributed by atoms with Crippen molar-refractivity contribution in [3.8, 4) is 34.6 Å². The summed E-state index contributed by atoms with van der Waals surface area (Å²) in [6.45, 7) is 0. The molecule has 1 aliphatic carbocycles. The third-order valence-electron chi connectivity index (χ3n) is 10.1. The van der Waals surface area contributed by atoms with E-state index in [-0.39, 0.29) is 0 Å². The van der Waals surface area contributed by atoms with Gasteiger partial charge in [0, 0.05) is 64.4 Å². The number of nitriles is 2. The van der Waals surface area contributed by atoms with Crippen LogP contribution in [0.1, 0.15) is 23.2 Å². The van der Waals surface area contributed by atoms with E-state index in [1.54, 1.807) is 0 Å². The van der Waals surface area contributed by atoms with Gasteiger partial charge in [0.15, 0.2) is 0 Å². The first-order valence-corrected chi connectivity index (χ1v) is 17.3. The third kappa shape index (κ3) is 4.01. The Balaban J connectivity index is 1.29. The Kier molecular flexibility index (Phi) is 5.96. The molecule has 228 valence electrons. The van der Waals surface area contributed by atoms with Crippen molar-refractivity contribution >= 4 is 70.3 Å². The summed E-state index contributed by atoms with van der Waals surface area (Å²) in [5.74, 6) is 0. The monoisotopic (exact) mass is 642 g/mol. The number of benzene rings is 6. The van der Waals surface area contributed by atoms with Crippen LogP contribution in [0, 0.1) is 22.7 Å². The van der Waals surface area contributed by atoms with Crippen molar-refractivity contribution in [3.05, 3.63) is 150 Å². The highest BCUT2D eigenvalue weighted by Gasteiger charge is 2.24. The molecule has 0 amide bonds. The molecule has 4 nitrogen and oxygen atoms in total. The summed E-state index contributed by atoms with van der Waals surface area (Å²) >= 11 is 1.84. The highest BCUT2D eigenvalue weighted by molar-refractivity contribution is 7.26. The van der Waals surface area contributed by atoms with Gasteiger partial charge in [-0.1, -0.05) is 66.7 Å². The van der Waals surface area contributed by atoms with Gasteiger partial charge < -0.3 is 9.13 Å². The molecule has 0 unspecified atom stereocenters. The van der Waals surface area contributed by atoms with E-state index in [1.165, 1.54) is 42.2 Å². The van der Waals surface area contributed by atoms with Crippen LogP contribution >= 0.6 is 11.3 Å². The molecule has 0 bridgehead atoms. The van der Waals surface area contributed by atoms with Crippen LogP contribution in [0.25, 0.3) is 81.5 Å². The van der Waals surface area contributed by atoms with E-state index in [0.29, 0.717) is 12.0 Å². The number of nitrogens with zero attached hydrogens (tertiary/aromatic N) is 4. The molecular weight excluding hydrogens is 617 g/mol. The summed E-state index contributed by atoms with van der Waals surface area (Å²) in [6.07, 6.45) is 3.54. The van der Waals surface area contributed by atoms with Gasteiger partial charge in [-0.15, -0.1) is 11.3 Å². The van der Waals surface area contributed by atoms with Crippen molar-refractivity contribution in [1.29, 1.82) is 10.5 Å². The molecule has 3 heterocycles. The van der Waals surface area contributed by atoms with E-state index in [1.807, 2.05) is 23.5 Å². The zero-order chi connectivity index (χ0) is 32.6. The number of aromatic nitrogens is 2. The molecule has 0 atom stereocenters. The Hall–Kier alpha value is -6.40. The zero-order valence-electron chi connectivity index (χ0n) is 26.3. The highest BCUT2D eigenvalue weighted by atomic mass is 32.1. The van der Waals surface area contributed by atoms with Crippen molar-refractivity contribution in [2.24, 2.45) is 0 Å². The second-order valence-electron chi connectivity index (χ2n) is 12.7. The number of rotatable bonds is 3. The van der Waals surface area contributed by atoms with Gasteiger partial charge >= 0.3 is 0 Å². The summed E-state index contributed by atoms with van der Waals surface area (Å²) < 4.78 is 7.32. The van der Waals surface area contributed by atoms with Crippen molar-refractivity contribution in [2.45, 2.75) is 12.8 Å². The summed E-state index contributed by atoms with van der Waals surface area (Å²) in [4.78, 5) is 0. The fraction of sp³-hybridized carbons (Fsp3) is 0.0455. The molecule has 9 aromatic rings. The van der Waals surface area contributed by atoms with Gasteiger partial charge in [0.1, 0.15) is 0 Å². The Labute approximate surface area is 286 Å². The minimum absolute atomic E-state index is 0.619. The van der Waals surface area contributed by atoms with Gasteiger partial charge in [-0.25, -0.2) is 0 Å². The number of para-hydroxylation sites is 2. The van der Waals surface area contributed by atoms with E-state index in [4.69, 9.17) is 0 Å². The van der Waals surface area contributed by atoms with Crippen LogP contribution in [-0.2, 0) is 6.42 Å². The third-order valence-corrected chi connectivity index (χ3v) is 11.2. The van der Waals surface area contributed by atoms with Crippen LogP contribution in [0.5, 0.6) is 0 Å². The summed E-state index contributed by atoms with van der Waals surface area (Å²) in [5.41, 5.74) is 11.4. The van der Waals surface area contributed by atoms with E-state index >= 15 is 0 Å². The zero-order valence-corrected chi connectivity index (χ0v) is 27.1. The molecular formula is C44H26N4S. The minimum Gasteiger partial charge on any atom is -0.312 e. The van der Waals surface area contributed by atoms with Crippen LogP contribution in [0.4, 0.5) is 0 Å². The molecule has 0 radical (unpaired) electrons. The maximum atomic E-state index is 10.1. The fourth-order valence-electron chi connectivity index (χ4n) is 7.95. The van der Waals surface area contributed by atoms with Gasteiger partial charge in [0.25, 0.3) is 0 Å². The Morgan fingerprint density at radius 1 is 0.592 bits per heavy atom. The smallest absolute Gasteiger partial charge is 0.0991 e. The number of hydrogen-bond acceptors (Lipinski definition) is 3. The van der Waals surface area contributed by atoms with Gasteiger partial charge in [-0.3, -0.25) is 0 Å². The lowest BCUT2D eigenvalue weighted by Gasteiger charge is -2.18. The van der Waals surface area contributed by atoms with E-state index < -0.39 is 0 Å². The van der Waals surface area contributed by atoms with E-state index in [9.17, 15) is 10.5 Å². The molecule has 0 N–H and O–H groups in total. The lowest BCUT2D eigenvalue weighted by Crippen LogP contribution is -2.06. The standard InChI is InChI=1S/C44H26N4S/c45-25-27-14-18-38(48-37-12-6-4-10-31(37)35-23-28(26-46)15-19-40(35)48)34(22-27)29-16-20-39-36(24-29)32-17-21-42-43(33-11-5-7-13-41(33)49-42)44(32)47(39)30-8-2-1-3-9-30/h1-14,16-18,20-24H,15,19H2. The molecule has 0 saturated carbocycles. The first-order valence-electron chi connectivity index (χ1n) is 16.4. The largest absolute Gasteiger partial charge is 0.312 e. The second-order valence-corrected chi connectivity index (χ2v) is 13.8. The maximum Gasteiger partial charge on any atom is 0.0991 e. The Morgan fingerprint density at radius 2 is 1.39 bits per heavy atom. The summed E-state index contributed by atoms with van der Waals surface area (Å²) in [5, 5.41) is 25.9. The second kappa shape index (κ2) is 10.6. The van der Waals surface area contributed by atoms with Gasteiger partial charge in [-0.2, -0.15) is 10.5 Å². The number of thiophene rings is 1. The maximum absolute atomic E-state index is 10.1. The lowest BCUT2D eigenvalue weighted by atomic mass is 9.96. The Morgan fingerprint density at radius 3 is 2.24 bits per heavy atom. The van der Waals surface area contributed by atoms with Gasteiger partial charge in [0.05, 0.1) is 39.9 Å². The molecule has 10 rings (SSSR count). The summed E-state index contributed by atoms with van der Waals surface area (Å²) in [6, 6.07) is 49.9. The average molecular weight is 643 g/mol. The SMILES string of the molecule is N#CC1=Cc2c(n(-c3ccc(C#N)cc3-c3ccc4c(c3)c3ccc5sc6ccccc6c5c3n4-c3ccccc3)c3ccccc23)CC1. The highest BCUT2D eigenvalue weighted by Crippen LogP contribution is 2.45. The normalized spacial score (nSPS) is 12.8. The van der Waals surface area contributed by atoms with Crippen LogP contribution < -0.4 is 0 Å². The van der Waals surface area contributed by atoms with Crippen molar-refractivity contribution in [1.82, 2.24) is 9.13 Å². The van der Waals surface area contributed by atoms with Crippen LogP contribution in [0.3, 0.4) is 0 Å². The van der Waals surface area contributed by atoms with Gasteiger partial charge in [-0.05, 0) is 85.1 Å². The molecule has 6 aromatic carbocycles. The van der Waals surface area contributed by atoms with E-state index in [2.05, 4.69) is 143 Å². The minimum atomic E-state index is 0.619. The first kappa shape index (κ1) is 27.7. The lowest BCUT2D eigenvalue weighted by molar-refractivity contribution is 0.871. The Bertz CT molecular complexity index is 2960. The number of allylic oxidation sites excluding steroid dienone is 1. The average Bonchev–Trinajstić information content (AvgIpc) is 3.82. The van der Waals surface area contributed by atoms with Crippen molar-refractivity contribution in [2.75, 3.05) is 0 Å². The predicted molar refractivity (Wildman–Crippen MR) is 203 cm³/mol. The van der Waals surface area contributed by atoms with Crippen LogP contribution in [0.2, 0.25) is 0 Å². The van der Waals surface area contributed by atoms with Gasteiger partial charge in [0.2, 0.25) is 0 Å². The molecule has 3 aromatic heterocycles. The van der Waals surface area contributed by atoms with Crippen molar-refractivity contribution < 1.29 is 0 Å². The van der Waals surface area contributed by atoms with Crippen LogP contribution in [0.15, 0.2) is 133 Å². The summed E-state index contributed by atoms with van der Waals surface area (Å²) in [7, 11) is 0. The quantitative estimate of drug-likeness (QED) is 0.193. The molecule has 0 fully saturated rings. The molecule has 5 heteroatoms.